The maximum Gasteiger partial charge on any atom is 0.0167 e. The van der Waals surface area contributed by atoms with Crippen molar-refractivity contribution in [3.8, 4) is 11.3 Å². The van der Waals surface area contributed by atoms with Gasteiger partial charge in [0.2, 0.25) is 0 Å². The molecule has 6 rings (SSSR count). The van der Waals surface area contributed by atoms with Crippen LogP contribution in [0, 0.1) is 6.07 Å². The van der Waals surface area contributed by atoms with E-state index in [1.807, 2.05) is 12.3 Å². The van der Waals surface area contributed by atoms with Gasteiger partial charge < -0.3 is 9.97 Å². The number of hydrogen-bond donors (Lipinski definition) is 0. The Morgan fingerprint density at radius 3 is 2.69 bits per heavy atom. The van der Waals surface area contributed by atoms with Crippen molar-refractivity contribution in [1.29, 1.82) is 0 Å². The number of nitrogens with zero attached hydrogens (tertiary/aromatic N) is 2. The fourth-order valence-corrected chi connectivity index (χ4v) is 4.86. The van der Waals surface area contributed by atoms with Crippen LogP contribution in [0.5, 0.6) is 0 Å². The molecular formula is C22H11IrN2S-. The van der Waals surface area contributed by atoms with Crippen molar-refractivity contribution in [2.24, 2.45) is 0 Å². The van der Waals surface area contributed by atoms with Crippen LogP contribution in [0.2, 0.25) is 0 Å². The Kier molecular flexibility index (Phi) is 3.61. The molecular weight excluding hydrogens is 517 g/mol. The summed E-state index contributed by atoms with van der Waals surface area (Å²) in [7, 11) is 0. The van der Waals surface area contributed by atoms with Crippen LogP contribution < -0.4 is 0 Å². The maximum atomic E-state index is 4.66. The van der Waals surface area contributed by atoms with E-state index in [1.54, 1.807) is 18.0 Å². The molecule has 3 aromatic carbocycles. The van der Waals surface area contributed by atoms with E-state index >= 15 is 0 Å². The molecule has 4 heteroatoms. The van der Waals surface area contributed by atoms with E-state index in [4.69, 9.17) is 0 Å². The van der Waals surface area contributed by atoms with Crippen LogP contribution >= 0.6 is 11.8 Å². The van der Waals surface area contributed by atoms with Gasteiger partial charge in [-0.3, -0.25) is 0 Å². The number of benzene rings is 3. The fourth-order valence-electron chi connectivity index (χ4n) is 3.80. The molecule has 0 N–H and O–H groups in total. The maximum absolute atomic E-state index is 4.66. The van der Waals surface area contributed by atoms with Gasteiger partial charge in [-0.2, -0.15) is 0 Å². The summed E-state index contributed by atoms with van der Waals surface area (Å²) in [6.45, 7) is 0. The Morgan fingerprint density at radius 1 is 0.808 bits per heavy atom. The van der Waals surface area contributed by atoms with Gasteiger partial charge in [-0.15, -0.1) is 23.9 Å². The van der Waals surface area contributed by atoms with Gasteiger partial charge in [-0.1, -0.05) is 48.2 Å². The molecule has 0 amide bonds. The number of rotatable bonds is 0. The minimum Gasteiger partial charge on any atom is -0.345 e. The molecule has 26 heavy (non-hydrogen) atoms. The van der Waals surface area contributed by atoms with Crippen LogP contribution in [-0.2, 0) is 20.1 Å². The van der Waals surface area contributed by atoms with Gasteiger partial charge in [0.05, 0.1) is 0 Å². The van der Waals surface area contributed by atoms with Crippen LogP contribution in [-0.4, -0.2) is 9.97 Å². The Balaban J connectivity index is 0.00000150. The van der Waals surface area contributed by atoms with E-state index < -0.39 is 0 Å². The molecule has 0 saturated heterocycles. The average molecular weight is 528 g/mol. The van der Waals surface area contributed by atoms with Gasteiger partial charge >= 0.3 is 0 Å². The SMILES string of the molecule is [Ir].[c-]1ccnc2c1-c1nccc3c1c(cc1c4ccccc4ccc31)S2. The summed E-state index contributed by atoms with van der Waals surface area (Å²) in [5.41, 5.74) is 2.00. The Bertz CT molecular complexity index is 1330. The van der Waals surface area contributed by atoms with E-state index in [1.165, 1.54) is 37.2 Å². The summed E-state index contributed by atoms with van der Waals surface area (Å²) in [6.07, 6.45) is 3.70. The molecule has 125 valence electrons. The number of fused-ring (bicyclic) bond motifs is 6. The largest absolute Gasteiger partial charge is 0.345 e. The summed E-state index contributed by atoms with van der Waals surface area (Å²) in [5.74, 6) is 0. The molecule has 1 aliphatic rings. The molecule has 0 fully saturated rings. The number of hydrogen-bond acceptors (Lipinski definition) is 3. The van der Waals surface area contributed by atoms with Gasteiger partial charge in [0.1, 0.15) is 0 Å². The Morgan fingerprint density at radius 2 is 1.73 bits per heavy atom. The predicted octanol–water partition coefficient (Wildman–Crippen LogP) is 5.87. The first-order valence-corrected chi connectivity index (χ1v) is 9.00. The summed E-state index contributed by atoms with van der Waals surface area (Å²) < 4.78 is 0. The standard InChI is InChI=1S/C22H11N2S.Ir/c1-2-5-14-13(4-1)7-8-15-16-9-11-23-21-17-6-3-10-24-22(17)25-19(20(16)21)12-18(14)15;/h1-5,7-12H;/q-1;. The molecule has 0 unspecified atom stereocenters. The zero-order valence-corrected chi connectivity index (χ0v) is 16.7. The summed E-state index contributed by atoms with van der Waals surface area (Å²) in [4.78, 5) is 10.4. The first kappa shape index (κ1) is 16.0. The second-order valence-electron chi connectivity index (χ2n) is 6.21. The van der Waals surface area contributed by atoms with Gasteiger partial charge in [0.15, 0.2) is 0 Å². The molecule has 2 nitrogen and oxygen atoms in total. The molecule has 0 atom stereocenters. The third kappa shape index (κ3) is 2.10. The molecule has 0 spiro atoms. The molecule has 0 bridgehead atoms. The first-order valence-electron chi connectivity index (χ1n) is 8.18. The van der Waals surface area contributed by atoms with Crippen molar-refractivity contribution >= 4 is 44.1 Å². The summed E-state index contributed by atoms with van der Waals surface area (Å²) in [5, 5.41) is 8.56. The van der Waals surface area contributed by atoms with Crippen LogP contribution in [0.15, 0.2) is 76.9 Å². The van der Waals surface area contributed by atoms with E-state index in [0.717, 1.165) is 16.3 Å². The normalized spacial score (nSPS) is 12.2. The molecule has 0 saturated carbocycles. The van der Waals surface area contributed by atoms with Crippen molar-refractivity contribution in [1.82, 2.24) is 9.97 Å². The van der Waals surface area contributed by atoms with Crippen molar-refractivity contribution in [2.75, 3.05) is 0 Å². The van der Waals surface area contributed by atoms with Crippen LogP contribution in [0.4, 0.5) is 0 Å². The average Bonchev–Trinajstić information content (AvgIpc) is 2.68. The molecule has 1 aliphatic heterocycles. The minimum atomic E-state index is 0. The molecule has 5 aromatic rings. The smallest absolute Gasteiger partial charge is 0.0167 e. The van der Waals surface area contributed by atoms with Crippen molar-refractivity contribution < 1.29 is 20.1 Å². The van der Waals surface area contributed by atoms with Crippen molar-refractivity contribution in [3.05, 3.63) is 73.1 Å². The van der Waals surface area contributed by atoms with E-state index in [-0.39, 0.29) is 20.1 Å². The first-order chi connectivity index (χ1) is 12.4. The third-order valence-electron chi connectivity index (χ3n) is 4.88. The van der Waals surface area contributed by atoms with Crippen LogP contribution in [0.25, 0.3) is 43.6 Å². The molecule has 0 aliphatic carbocycles. The zero-order valence-electron chi connectivity index (χ0n) is 13.5. The number of aromatic nitrogens is 2. The van der Waals surface area contributed by atoms with Gasteiger partial charge in [-0.05, 0) is 50.1 Å². The predicted molar refractivity (Wildman–Crippen MR) is 103 cm³/mol. The molecule has 1 radical (unpaired) electrons. The monoisotopic (exact) mass is 528 g/mol. The zero-order chi connectivity index (χ0) is 16.4. The van der Waals surface area contributed by atoms with E-state index in [9.17, 15) is 0 Å². The summed E-state index contributed by atoms with van der Waals surface area (Å²) in [6, 6.07) is 22.6. The molecule has 2 aromatic heterocycles. The van der Waals surface area contributed by atoms with Crippen molar-refractivity contribution in [2.45, 2.75) is 9.92 Å². The quantitative estimate of drug-likeness (QED) is 0.183. The Hall–Kier alpha value is -2.26. The third-order valence-corrected chi connectivity index (χ3v) is 5.93. The Labute approximate surface area is 168 Å². The van der Waals surface area contributed by atoms with E-state index in [0.29, 0.717) is 0 Å². The second-order valence-corrected chi connectivity index (χ2v) is 7.24. The number of pyridine rings is 2. The fraction of sp³-hybridized carbons (Fsp3) is 0. The topological polar surface area (TPSA) is 25.8 Å². The van der Waals surface area contributed by atoms with E-state index in [2.05, 4.69) is 64.6 Å². The molecule has 3 heterocycles. The van der Waals surface area contributed by atoms with Gasteiger partial charge in [0.25, 0.3) is 0 Å². The minimum absolute atomic E-state index is 0. The van der Waals surface area contributed by atoms with Crippen LogP contribution in [0.3, 0.4) is 0 Å². The van der Waals surface area contributed by atoms with Crippen molar-refractivity contribution in [3.63, 3.8) is 0 Å². The second kappa shape index (κ2) is 5.88. The van der Waals surface area contributed by atoms with Gasteiger partial charge in [-0.25, -0.2) is 0 Å². The van der Waals surface area contributed by atoms with Crippen LogP contribution in [0.1, 0.15) is 0 Å². The van der Waals surface area contributed by atoms with Gasteiger partial charge in [0, 0.05) is 36.2 Å². The summed E-state index contributed by atoms with van der Waals surface area (Å²) >= 11 is 1.72.